The summed E-state index contributed by atoms with van der Waals surface area (Å²) < 4.78 is 5.87. The number of furan rings is 1. The van der Waals surface area contributed by atoms with Crippen LogP contribution in [0.4, 0.5) is 0 Å². The van der Waals surface area contributed by atoms with Crippen LogP contribution in [0.1, 0.15) is 37.9 Å². The second-order valence-electron chi connectivity index (χ2n) is 6.62. The minimum Gasteiger partial charge on any atom is -0.460 e. The third-order valence-electron chi connectivity index (χ3n) is 5.08. The predicted molar refractivity (Wildman–Crippen MR) is 93.0 cm³/mol. The van der Waals surface area contributed by atoms with E-state index in [-0.39, 0.29) is 24.2 Å². The highest BCUT2D eigenvalue weighted by molar-refractivity contribution is 5.86. The van der Waals surface area contributed by atoms with E-state index in [4.69, 9.17) is 4.42 Å². The normalized spacial score (nSPS) is 25.0. The first-order chi connectivity index (χ1) is 10.7. The molecule has 23 heavy (non-hydrogen) atoms. The molecule has 2 saturated heterocycles. The molecule has 4 rings (SSSR count). The van der Waals surface area contributed by atoms with Gasteiger partial charge in [-0.05, 0) is 38.3 Å². The fourth-order valence-corrected chi connectivity index (χ4v) is 3.75. The Morgan fingerprint density at radius 2 is 2.04 bits per heavy atom. The number of hydrogen-bond donors (Lipinski definition) is 1. The second kappa shape index (κ2) is 6.54. The third kappa shape index (κ3) is 3.10. The number of halogens is 1. The number of carbonyl (C=O) groups is 1. The lowest BCUT2D eigenvalue weighted by atomic mass is 10.0. The van der Waals surface area contributed by atoms with Crippen LogP contribution in [0.15, 0.2) is 34.7 Å². The number of para-hydroxylation sites is 1. The molecule has 2 aliphatic rings. The smallest absolute Gasteiger partial charge is 0.233 e. The molecule has 2 aliphatic heterocycles. The van der Waals surface area contributed by atoms with Gasteiger partial charge in [-0.25, -0.2) is 0 Å². The monoisotopic (exact) mass is 334 g/mol. The fraction of sp³-hybridized carbons (Fsp3) is 0.500. The molecule has 1 aromatic heterocycles. The summed E-state index contributed by atoms with van der Waals surface area (Å²) in [7, 11) is 0. The number of likely N-dealkylation sites (tertiary alicyclic amines) is 1. The molecule has 2 bridgehead atoms. The van der Waals surface area contributed by atoms with Gasteiger partial charge >= 0.3 is 0 Å². The van der Waals surface area contributed by atoms with E-state index in [0.29, 0.717) is 12.1 Å². The summed E-state index contributed by atoms with van der Waals surface area (Å²) in [6, 6.07) is 11.0. The van der Waals surface area contributed by atoms with Gasteiger partial charge in [-0.2, -0.15) is 0 Å². The molecule has 1 N–H and O–H groups in total. The SMILES string of the molecule is CC(C(=O)N1CCC2CCC(C1)N2)c1cc2ccccc2o1.Cl. The van der Waals surface area contributed by atoms with Crippen LogP contribution in [0.2, 0.25) is 0 Å². The van der Waals surface area contributed by atoms with Crippen molar-refractivity contribution in [1.29, 1.82) is 0 Å². The number of fused-ring (bicyclic) bond motifs is 3. The molecule has 4 nitrogen and oxygen atoms in total. The van der Waals surface area contributed by atoms with Gasteiger partial charge in [0.15, 0.2) is 0 Å². The van der Waals surface area contributed by atoms with E-state index in [1.807, 2.05) is 42.2 Å². The molecule has 3 atom stereocenters. The Bertz CT molecular complexity index is 666. The molecule has 0 spiro atoms. The van der Waals surface area contributed by atoms with Crippen molar-refractivity contribution in [2.75, 3.05) is 13.1 Å². The minimum atomic E-state index is -0.218. The molecule has 2 fully saturated rings. The first-order valence-electron chi connectivity index (χ1n) is 8.24. The lowest BCUT2D eigenvalue weighted by Crippen LogP contribution is -2.40. The molecule has 3 unspecified atom stereocenters. The molecule has 3 heterocycles. The molecule has 0 aliphatic carbocycles. The van der Waals surface area contributed by atoms with Gasteiger partial charge in [-0.15, -0.1) is 12.4 Å². The van der Waals surface area contributed by atoms with Crippen LogP contribution in [0.3, 0.4) is 0 Å². The maximum Gasteiger partial charge on any atom is 0.233 e. The van der Waals surface area contributed by atoms with Gasteiger partial charge in [-0.3, -0.25) is 4.79 Å². The number of amides is 1. The summed E-state index contributed by atoms with van der Waals surface area (Å²) in [5.74, 6) is 0.742. The van der Waals surface area contributed by atoms with Gasteiger partial charge in [0.05, 0.1) is 5.92 Å². The molecule has 1 amide bonds. The number of benzene rings is 1. The highest BCUT2D eigenvalue weighted by atomic mass is 35.5. The highest BCUT2D eigenvalue weighted by Crippen LogP contribution is 2.28. The van der Waals surface area contributed by atoms with Crippen LogP contribution in [0.5, 0.6) is 0 Å². The van der Waals surface area contributed by atoms with Gasteiger partial charge in [0, 0.05) is 30.6 Å². The van der Waals surface area contributed by atoms with E-state index in [1.54, 1.807) is 0 Å². The first-order valence-corrected chi connectivity index (χ1v) is 8.24. The molecular formula is C18H23ClN2O2. The molecule has 124 valence electrons. The molecule has 0 saturated carbocycles. The Labute approximate surface area is 142 Å². The van der Waals surface area contributed by atoms with Gasteiger partial charge in [0.2, 0.25) is 5.91 Å². The summed E-state index contributed by atoms with van der Waals surface area (Å²) in [5, 5.41) is 4.68. The lowest BCUT2D eigenvalue weighted by Gasteiger charge is -2.26. The Hall–Kier alpha value is -1.52. The quantitative estimate of drug-likeness (QED) is 0.916. The zero-order chi connectivity index (χ0) is 15.1. The number of hydrogen-bond acceptors (Lipinski definition) is 3. The molecular weight excluding hydrogens is 312 g/mol. The molecule has 0 radical (unpaired) electrons. The maximum absolute atomic E-state index is 12.8. The molecule has 5 heteroatoms. The number of nitrogens with one attached hydrogen (secondary N) is 1. The summed E-state index contributed by atoms with van der Waals surface area (Å²) in [6.45, 7) is 3.65. The predicted octanol–water partition coefficient (Wildman–Crippen LogP) is 3.31. The first kappa shape index (κ1) is 16.3. The lowest BCUT2D eigenvalue weighted by molar-refractivity contribution is -0.133. The van der Waals surface area contributed by atoms with Gasteiger partial charge in [0.1, 0.15) is 11.3 Å². The van der Waals surface area contributed by atoms with E-state index in [9.17, 15) is 4.79 Å². The number of rotatable bonds is 2. The summed E-state index contributed by atoms with van der Waals surface area (Å²) in [6.07, 6.45) is 3.51. The average Bonchev–Trinajstić information content (AvgIpc) is 3.09. The van der Waals surface area contributed by atoms with Crippen molar-refractivity contribution >= 4 is 29.3 Å². The Morgan fingerprint density at radius 3 is 2.87 bits per heavy atom. The Morgan fingerprint density at radius 1 is 1.26 bits per heavy atom. The van der Waals surface area contributed by atoms with Gasteiger partial charge in [-0.1, -0.05) is 18.2 Å². The van der Waals surface area contributed by atoms with Crippen LogP contribution in [-0.4, -0.2) is 36.0 Å². The van der Waals surface area contributed by atoms with Crippen LogP contribution in [0.25, 0.3) is 11.0 Å². The highest BCUT2D eigenvalue weighted by Gasteiger charge is 2.33. The summed E-state index contributed by atoms with van der Waals surface area (Å²) in [5.41, 5.74) is 0.855. The van der Waals surface area contributed by atoms with E-state index in [0.717, 1.165) is 36.2 Å². The second-order valence-corrected chi connectivity index (χ2v) is 6.62. The van der Waals surface area contributed by atoms with Crippen LogP contribution in [0, 0.1) is 0 Å². The summed E-state index contributed by atoms with van der Waals surface area (Å²) in [4.78, 5) is 14.9. The Balaban J connectivity index is 0.00000156. The van der Waals surface area contributed by atoms with Crippen molar-refractivity contribution in [3.63, 3.8) is 0 Å². The van der Waals surface area contributed by atoms with Crippen LogP contribution in [-0.2, 0) is 4.79 Å². The van der Waals surface area contributed by atoms with Gasteiger partial charge in [0.25, 0.3) is 0 Å². The Kier molecular flexibility index (Phi) is 4.64. The van der Waals surface area contributed by atoms with Crippen LogP contribution < -0.4 is 5.32 Å². The minimum absolute atomic E-state index is 0. The number of carbonyl (C=O) groups excluding carboxylic acids is 1. The van der Waals surface area contributed by atoms with Gasteiger partial charge < -0.3 is 14.6 Å². The fourth-order valence-electron chi connectivity index (χ4n) is 3.75. The average molecular weight is 335 g/mol. The van der Waals surface area contributed by atoms with Crippen molar-refractivity contribution in [2.24, 2.45) is 0 Å². The zero-order valence-corrected chi connectivity index (χ0v) is 14.1. The topological polar surface area (TPSA) is 45.5 Å². The standard InChI is InChI=1S/C18H22N2O2.ClH/c1-12(17-10-13-4-2-3-5-16(13)22-17)18(21)20-9-8-14-6-7-15(11-20)19-14;/h2-5,10,12,14-15,19H,6-9,11H2,1H3;1H. The van der Waals surface area contributed by atoms with Crippen molar-refractivity contribution in [3.05, 3.63) is 36.1 Å². The van der Waals surface area contributed by atoms with Crippen molar-refractivity contribution in [3.8, 4) is 0 Å². The molecule has 1 aromatic carbocycles. The zero-order valence-electron chi connectivity index (χ0n) is 13.3. The summed E-state index contributed by atoms with van der Waals surface area (Å²) >= 11 is 0. The maximum atomic E-state index is 12.8. The van der Waals surface area contributed by atoms with Crippen molar-refractivity contribution in [2.45, 2.75) is 44.2 Å². The largest absolute Gasteiger partial charge is 0.460 e. The number of nitrogens with zero attached hydrogens (tertiary/aromatic N) is 1. The van der Waals surface area contributed by atoms with Crippen molar-refractivity contribution in [1.82, 2.24) is 10.2 Å². The van der Waals surface area contributed by atoms with Crippen LogP contribution >= 0.6 is 12.4 Å². The van der Waals surface area contributed by atoms with E-state index in [2.05, 4.69) is 5.32 Å². The molecule has 2 aromatic rings. The van der Waals surface area contributed by atoms with E-state index in [1.165, 1.54) is 12.8 Å². The van der Waals surface area contributed by atoms with Crippen molar-refractivity contribution < 1.29 is 9.21 Å². The van der Waals surface area contributed by atoms with E-state index >= 15 is 0 Å². The third-order valence-corrected chi connectivity index (χ3v) is 5.08. The van der Waals surface area contributed by atoms with E-state index < -0.39 is 0 Å².